The maximum atomic E-state index is 12.7. The summed E-state index contributed by atoms with van der Waals surface area (Å²) in [5.41, 5.74) is 0.394. The van der Waals surface area contributed by atoms with E-state index in [1.807, 2.05) is 16.5 Å². The van der Waals surface area contributed by atoms with Crippen molar-refractivity contribution < 1.29 is 9.59 Å². The first-order chi connectivity index (χ1) is 12.0. The number of nitrogens with zero attached hydrogens (tertiary/aromatic N) is 4. The highest BCUT2D eigenvalue weighted by molar-refractivity contribution is 7.09. The molecule has 2 amide bonds. The third kappa shape index (κ3) is 3.19. The molecule has 6 nitrogen and oxygen atoms in total. The normalized spacial score (nSPS) is 28.2. The fourth-order valence-electron chi connectivity index (χ4n) is 4.60. The first-order valence-corrected chi connectivity index (χ1v) is 9.98. The lowest BCUT2D eigenvalue weighted by molar-refractivity contribution is -0.137. The van der Waals surface area contributed by atoms with E-state index in [0.29, 0.717) is 24.4 Å². The van der Waals surface area contributed by atoms with Crippen molar-refractivity contribution in [3.8, 4) is 0 Å². The van der Waals surface area contributed by atoms with Gasteiger partial charge >= 0.3 is 0 Å². The van der Waals surface area contributed by atoms with Gasteiger partial charge in [0.25, 0.3) is 0 Å². The quantitative estimate of drug-likeness (QED) is 0.813. The molecule has 2 saturated heterocycles. The van der Waals surface area contributed by atoms with E-state index in [2.05, 4.69) is 16.9 Å². The zero-order chi connectivity index (χ0) is 17.6. The van der Waals surface area contributed by atoms with Gasteiger partial charge in [0.1, 0.15) is 5.01 Å². The Morgan fingerprint density at radius 1 is 1.44 bits per heavy atom. The topological polar surface area (TPSA) is 56.8 Å². The van der Waals surface area contributed by atoms with Crippen molar-refractivity contribution >= 4 is 23.2 Å². The van der Waals surface area contributed by atoms with Gasteiger partial charge in [0.15, 0.2) is 0 Å². The Labute approximate surface area is 152 Å². The van der Waals surface area contributed by atoms with Gasteiger partial charge in [-0.2, -0.15) is 0 Å². The highest BCUT2D eigenvalue weighted by atomic mass is 32.1. The minimum atomic E-state index is -0.130. The van der Waals surface area contributed by atoms with Crippen molar-refractivity contribution in [3.05, 3.63) is 16.6 Å². The molecule has 0 bridgehead atoms. The number of likely N-dealkylation sites (tertiary alicyclic amines) is 2. The molecular weight excluding hydrogens is 336 g/mol. The van der Waals surface area contributed by atoms with Crippen LogP contribution in [0, 0.1) is 11.3 Å². The van der Waals surface area contributed by atoms with Crippen molar-refractivity contribution in [2.24, 2.45) is 11.3 Å². The lowest BCUT2D eigenvalue weighted by Crippen LogP contribution is -2.44. The number of amides is 2. The van der Waals surface area contributed by atoms with E-state index in [9.17, 15) is 9.59 Å². The van der Waals surface area contributed by atoms with E-state index in [0.717, 1.165) is 32.5 Å². The summed E-state index contributed by atoms with van der Waals surface area (Å²) >= 11 is 1.71. The molecule has 2 aliphatic heterocycles. The predicted octanol–water partition coefficient (Wildman–Crippen LogP) is 1.43. The van der Waals surface area contributed by atoms with Crippen LogP contribution in [0.4, 0.5) is 0 Å². The molecule has 7 heteroatoms. The molecule has 1 spiro atoms. The maximum absolute atomic E-state index is 12.7. The highest BCUT2D eigenvalue weighted by Gasteiger charge is 2.57. The SMILES string of the molecule is CN1C[C@@H](C(=O)N2CCC3(CC2)C[C@@H]3N(C)Cc2nccs2)CC1=O. The molecule has 1 aromatic rings. The molecule has 4 rings (SSSR count). The van der Waals surface area contributed by atoms with Gasteiger partial charge < -0.3 is 9.80 Å². The smallest absolute Gasteiger partial charge is 0.227 e. The van der Waals surface area contributed by atoms with Gasteiger partial charge in [-0.1, -0.05) is 0 Å². The fraction of sp³-hybridized carbons (Fsp3) is 0.722. The van der Waals surface area contributed by atoms with Crippen molar-refractivity contribution in [2.45, 2.75) is 38.3 Å². The number of hydrogen-bond acceptors (Lipinski definition) is 5. The summed E-state index contributed by atoms with van der Waals surface area (Å²) in [6.45, 7) is 3.19. The Bertz CT molecular complexity index is 654. The number of carbonyl (C=O) groups excluding carboxylic acids is 2. The van der Waals surface area contributed by atoms with Crippen LogP contribution in [0.25, 0.3) is 0 Å². The van der Waals surface area contributed by atoms with Gasteiger partial charge in [0.05, 0.1) is 12.5 Å². The summed E-state index contributed by atoms with van der Waals surface area (Å²) < 4.78 is 0. The lowest BCUT2D eigenvalue weighted by Gasteiger charge is -2.35. The molecular formula is C18H26N4O2S. The first-order valence-electron chi connectivity index (χ1n) is 9.10. The summed E-state index contributed by atoms with van der Waals surface area (Å²) in [5, 5.41) is 3.20. The van der Waals surface area contributed by atoms with Crippen LogP contribution < -0.4 is 0 Å². The molecule has 25 heavy (non-hydrogen) atoms. The Kier molecular flexibility index (Phi) is 4.32. The predicted molar refractivity (Wildman–Crippen MR) is 96.0 cm³/mol. The second-order valence-electron chi connectivity index (χ2n) is 7.92. The van der Waals surface area contributed by atoms with Crippen LogP contribution in [-0.2, 0) is 16.1 Å². The van der Waals surface area contributed by atoms with E-state index >= 15 is 0 Å². The molecule has 3 aliphatic rings. The van der Waals surface area contributed by atoms with Gasteiger partial charge in [-0.25, -0.2) is 4.98 Å². The van der Waals surface area contributed by atoms with Gasteiger partial charge in [0, 0.05) is 50.7 Å². The van der Waals surface area contributed by atoms with Crippen LogP contribution in [-0.4, -0.2) is 71.3 Å². The zero-order valence-corrected chi connectivity index (χ0v) is 15.8. The van der Waals surface area contributed by atoms with E-state index in [-0.39, 0.29) is 17.7 Å². The number of hydrogen-bond donors (Lipinski definition) is 0. The van der Waals surface area contributed by atoms with Crippen LogP contribution in [0.5, 0.6) is 0 Å². The molecule has 136 valence electrons. The Hall–Kier alpha value is -1.47. The van der Waals surface area contributed by atoms with Gasteiger partial charge in [-0.15, -0.1) is 11.3 Å². The number of carbonyl (C=O) groups is 2. The van der Waals surface area contributed by atoms with Crippen molar-refractivity contribution in [1.82, 2.24) is 19.7 Å². The summed E-state index contributed by atoms with van der Waals surface area (Å²) in [4.78, 5) is 34.9. The highest BCUT2D eigenvalue weighted by Crippen LogP contribution is 2.56. The minimum Gasteiger partial charge on any atom is -0.345 e. The standard InChI is InChI=1S/C18H26N4O2S/c1-20(12-15-19-5-8-25-15)14-10-18(14)3-6-22(7-4-18)17(24)13-9-16(23)21(2)11-13/h5,8,13-14H,3-4,6-7,9-12H2,1-2H3/t13-,14-/m0/s1. The average molecular weight is 362 g/mol. The van der Waals surface area contributed by atoms with Gasteiger partial charge in [0.2, 0.25) is 11.8 Å². The van der Waals surface area contributed by atoms with Crippen molar-refractivity contribution in [2.75, 3.05) is 33.7 Å². The number of rotatable bonds is 4. The Morgan fingerprint density at radius 2 is 2.20 bits per heavy atom. The lowest BCUT2D eigenvalue weighted by atomic mass is 9.91. The van der Waals surface area contributed by atoms with Gasteiger partial charge in [-0.05, 0) is 31.7 Å². The molecule has 0 N–H and O–H groups in total. The summed E-state index contributed by atoms with van der Waals surface area (Å²) in [6, 6.07) is 0.618. The van der Waals surface area contributed by atoms with Crippen LogP contribution in [0.3, 0.4) is 0 Å². The molecule has 0 radical (unpaired) electrons. The first kappa shape index (κ1) is 17.0. The summed E-state index contributed by atoms with van der Waals surface area (Å²) in [7, 11) is 3.98. The van der Waals surface area contributed by atoms with Crippen LogP contribution >= 0.6 is 11.3 Å². The number of thiazole rings is 1. The molecule has 3 heterocycles. The third-order valence-electron chi connectivity index (χ3n) is 6.31. The van der Waals surface area contributed by atoms with E-state index in [1.54, 1.807) is 23.3 Å². The molecule has 3 fully saturated rings. The summed E-state index contributed by atoms with van der Waals surface area (Å²) in [5.74, 6) is 0.146. The Balaban J connectivity index is 1.29. The molecule has 0 aromatic carbocycles. The zero-order valence-electron chi connectivity index (χ0n) is 15.0. The van der Waals surface area contributed by atoms with Crippen molar-refractivity contribution in [1.29, 1.82) is 0 Å². The number of piperidine rings is 1. The second-order valence-corrected chi connectivity index (χ2v) is 8.90. The van der Waals surface area contributed by atoms with E-state index in [4.69, 9.17) is 0 Å². The second kappa shape index (κ2) is 6.36. The maximum Gasteiger partial charge on any atom is 0.227 e. The van der Waals surface area contributed by atoms with E-state index in [1.165, 1.54) is 11.4 Å². The van der Waals surface area contributed by atoms with Crippen molar-refractivity contribution in [3.63, 3.8) is 0 Å². The van der Waals surface area contributed by atoms with Crippen LogP contribution in [0.2, 0.25) is 0 Å². The number of aromatic nitrogens is 1. The van der Waals surface area contributed by atoms with E-state index < -0.39 is 0 Å². The molecule has 0 unspecified atom stereocenters. The monoisotopic (exact) mass is 362 g/mol. The van der Waals surface area contributed by atoms with Crippen LogP contribution in [0.1, 0.15) is 30.7 Å². The minimum absolute atomic E-state index is 0.0953. The third-order valence-corrected chi connectivity index (χ3v) is 7.07. The molecule has 1 aliphatic carbocycles. The molecule has 1 saturated carbocycles. The average Bonchev–Trinajstić information content (AvgIpc) is 2.92. The van der Waals surface area contributed by atoms with Gasteiger partial charge in [-0.3, -0.25) is 14.5 Å². The molecule has 1 aromatic heterocycles. The van der Waals surface area contributed by atoms with Crippen LogP contribution in [0.15, 0.2) is 11.6 Å². The summed E-state index contributed by atoms with van der Waals surface area (Å²) in [6.07, 6.45) is 5.66. The molecule has 2 atom stereocenters. The Morgan fingerprint density at radius 3 is 2.80 bits per heavy atom. The largest absolute Gasteiger partial charge is 0.345 e. The fourth-order valence-corrected chi connectivity index (χ4v) is 5.28.